The van der Waals surface area contributed by atoms with Gasteiger partial charge >= 0.3 is 0 Å². The van der Waals surface area contributed by atoms with Crippen LogP contribution in [0.1, 0.15) is 24.5 Å². The molecular formula is C13H19N3OS. The highest BCUT2D eigenvalue weighted by Gasteiger charge is 2.57. The lowest BCUT2D eigenvalue weighted by atomic mass is 10.1. The van der Waals surface area contributed by atoms with Gasteiger partial charge in [-0.25, -0.2) is 4.98 Å². The zero-order valence-corrected chi connectivity index (χ0v) is 11.8. The first kappa shape index (κ1) is 12.1. The normalized spacial score (nSPS) is 30.1. The molecule has 18 heavy (non-hydrogen) atoms. The molecule has 0 bridgehead atoms. The predicted molar refractivity (Wildman–Crippen MR) is 71.4 cm³/mol. The van der Waals surface area contributed by atoms with Gasteiger partial charge in [-0.15, -0.1) is 11.3 Å². The van der Waals surface area contributed by atoms with Crippen LogP contribution in [0.15, 0.2) is 5.38 Å². The van der Waals surface area contributed by atoms with Gasteiger partial charge in [-0.1, -0.05) is 0 Å². The van der Waals surface area contributed by atoms with Gasteiger partial charge in [-0.3, -0.25) is 4.79 Å². The van der Waals surface area contributed by atoms with Gasteiger partial charge in [0.1, 0.15) is 5.01 Å². The predicted octanol–water partition coefficient (Wildman–Crippen LogP) is 1.27. The van der Waals surface area contributed by atoms with Crippen LogP contribution in [0.3, 0.4) is 0 Å². The zero-order valence-electron chi connectivity index (χ0n) is 11.0. The van der Waals surface area contributed by atoms with Crippen molar-refractivity contribution in [2.45, 2.75) is 26.3 Å². The Morgan fingerprint density at radius 1 is 1.50 bits per heavy atom. The molecule has 1 aromatic heterocycles. The van der Waals surface area contributed by atoms with E-state index in [0.29, 0.717) is 11.8 Å². The molecule has 0 aromatic carbocycles. The number of thiazole rings is 1. The van der Waals surface area contributed by atoms with Gasteiger partial charge in [0.15, 0.2) is 0 Å². The first-order valence-corrected chi connectivity index (χ1v) is 7.32. The number of aryl methyl sites for hydroxylation is 1. The molecule has 2 fully saturated rings. The van der Waals surface area contributed by atoms with Gasteiger partial charge in [0, 0.05) is 17.0 Å². The molecule has 0 spiro atoms. The molecule has 2 heterocycles. The maximum Gasteiger partial charge on any atom is 0.224 e. The third-order valence-electron chi connectivity index (χ3n) is 3.98. The third kappa shape index (κ3) is 1.95. The Kier molecular flexibility index (Phi) is 2.71. The van der Waals surface area contributed by atoms with Crippen LogP contribution >= 0.6 is 11.3 Å². The van der Waals surface area contributed by atoms with Crippen LogP contribution in [0, 0.1) is 24.7 Å². The molecule has 3 atom stereocenters. The summed E-state index contributed by atoms with van der Waals surface area (Å²) in [5.41, 5.74) is 0.658. The van der Waals surface area contributed by atoms with E-state index < -0.39 is 0 Å². The Hall–Kier alpha value is -0.940. The van der Waals surface area contributed by atoms with E-state index in [1.54, 1.807) is 11.3 Å². The molecule has 5 heteroatoms. The Bertz CT molecular complexity index is 472. The van der Waals surface area contributed by atoms with Crippen molar-refractivity contribution >= 4 is 17.2 Å². The summed E-state index contributed by atoms with van der Waals surface area (Å²) < 4.78 is 0. The van der Waals surface area contributed by atoms with E-state index in [9.17, 15) is 4.79 Å². The number of carbonyl (C=O) groups is 1. The number of rotatable bonds is 3. The van der Waals surface area contributed by atoms with E-state index in [1.165, 1.54) is 0 Å². The highest BCUT2D eigenvalue weighted by atomic mass is 32.1. The highest BCUT2D eigenvalue weighted by Crippen LogP contribution is 2.49. The first-order valence-electron chi connectivity index (χ1n) is 6.44. The number of carbonyl (C=O) groups excluding carboxylic acids is 1. The molecule has 1 saturated carbocycles. The van der Waals surface area contributed by atoms with Crippen molar-refractivity contribution in [3.63, 3.8) is 0 Å². The molecule has 98 valence electrons. The molecule has 1 aliphatic carbocycles. The highest BCUT2D eigenvalue weighted by molar-refractivity contribution is 7.09. The summed E-state index contributed by atoms with van der Waals surface area (Å²) in [7, 11) is 0. The smallest absolute Gasteiger partial charge is 0.224 e. The summed E-state index contributed by atoms with van der Waals surface area (Å²) in [6.45, 7) is 8.03. The average molecular weight is 265 g/mol. The number of hydrogen-bond acceptors (Lipinski definition) is 4. The number of fused-ring (bicyclic) bond motifs is 1. The van der Waals surface area contributed by atoms with Crippen molar-refractivity contribution < 1.29 is 4.79 Å². The molecule has 1 saturated heterocycles. The summed E-state index contributed by atoms with van der Waals surface area (Å²) in [6, 6.07) is 0. The Labute approximate surface area is 111 Å². The van der Waals surface area contributed by atoms with Crippen LogP contribution in [-0.4, -0.2) is 24.0 Å². The fourth-order valence-electron chi connectivity index (χ4n) is 2.89. The summed E-state index contributed by atoms with van der Waals surface area (Å²) in [5.74, 6) is 1.56. The van der Waals surface area contributed by atoms with Gasteiger partial charge in [-0.2, -0.15) is 0 Å². The summed E-state index contributed by atoms with van der Waals surface area (Å²) >= 11 is 1.61. The second-order valence-corrected chi connectivity index (χ2v) is 6.78. The van der Waals surface area contributed by atoms with E-state index >= 15 is 0 Å². The molecule has 1 unspecified atom stereocenters. The van der Waals surface area contributed by atoms with Gasteiger partial charge in [-0.05, 0) is 45.7 Å². The van der Waals surface area contributed by atoms with Crippen molar-refractivity contribution in [2.24, 2.45) is 17.8 Å². The van der Waals surface area contributed by atoms with Crippen LogP contribution in [0.2, 0.25) is 0 Å². The average Bonchev–Trinajstić information content (AvgIpc) is 2.68. The molecule has 2 aliphatic rings. The maximum absolute atomic E-state index is 12.3. The van der Waals surface area contributed by atoms with E-state index in [4.69, 9.17) is 0 Å². The molecule has 4 nitrogen and oxygen atoms in total. The number of piperidine rings is 1. The number of nitrogens with one attached hydrogen (secondary N) is 2. The van der Waals surface area contributed by atoms with E-state index in [2.05, 4.69) is 15.6 Å². The minimum Gasteiger partial charge on any atom is -0.344 e. The quantitative estimate of drug-likeness (QED) is 0.865. The summed E-state index contributed by atoms with van der Waals surface area (Å²) in [4.78, 5) is 16.7. The Balaban J connectivity index is 1.67. The number of nitrogens with zero attached hydrogens (tertiary/aromatic N) is 1. The lowest BCUT2D eigenvalue weighted by molar-refractivity contribution is -0.124. The molecule has 3 rings (SSSR count). The summed E-state index contributed by atoms with van der Waals surface area (Å²) in [5, 5.41) is 9.48. The topological polar surface area (TPSA) is 54.0 Å². The van der Waals surface area contributed by atoms with Crippen molar-refractivity contribution in [3.05, 3.63) is 16.1 Å². The molecular weight excluding hydrogens is 246 g/mol. The number of amides is 1. The number of aromatic nitrogens is 1. The Morgan fingerprint density at radius 2 is 2.17 bits per heavy atom. The monoisotopic (exact) mass is 265 g/mol. The van der Waals surface area contributed by atoms with Crippen molar-refractivity contribution in [2.75, 3.05) is 13.1 Å². The van der Waals surface area contributed by atoms with Crippen molar-refractivity contribution in [3.8, 4) is 0 Å². The van der Waals surface area contributed by atoms with Gasteiger partial charge in [0.2, 0.25) is 5.91 Å². The molecule has 1 aromatic rings. The van der Waals surface area contributed by atoms with Crippen molar-refractivity contribution in [1.29, 1.82) is 0 Å². The zero-order chi connectivity index (χ0) is 12.9. The molecule has 1 amide bonds. The second kappa shape index (κ2) is 4.03. The van der Waals surface area contributed by atoms with E-state index in [1.807, 2.05) is 26.2 Å². The van der Waals surface area contributed by atoms with Crippen LogP contribution < -0.4 is 10.6 Å². The lowest BCUT2D eigenvalue weighted by Crippen LogP contribution is -2.43. The first-order chi connectivity index (χ1) is 8.49. The van der Waals surface area contributed by atoms with Gasteiger partial charge in [0.25, 0.3) is 0 Å². The van der Waals surface area contributed by atoms with Crippen molar-refractivity contribution in [1.82, 2.24) is 15.6 Å². The maximum atomic E-state index is 12.3. The summed E-state index contributed by atoms with van der Waals surface area (Å²) in [6.07, 6.45) is 0. The fraction of sp³-hybridized carbons (Fsp3) is 0.692. The minimum absolute atomic E-state index is 0.198. The van der Waals surface area contributed by atoms with Crippen LogP contribution in [-0.2, 0) is 10.3 Å². The minimum atomic E-state index is -0.361. The molecule has 2 N–H and O–H groups in total. The lowest BCUT2D eigenvalue weighted by Gasteiger charge is -2.24. The number of hydrogen-bond donors (Lipinski definition) is 2. The van der Waals surface area contributed by atoms with Crippen LogP contribution in [0.4, 0.5) is 0 Å². The van der Waals surface area contributed by atoms with Gasteiger partial charge < -0.3 is 10.6 Å². The van der Waals surface area contributed by atoms with E-state index in [0.717, 1.165) is 23.8 Å². The molecule has 1 aliphatic heterocycles. The third-order valence-corrected chi connectivity index (χ3v) is 5.27. The van der Waals surface area contributed by atoms with Crippen LogP contribution in [0.5, 0.6) is 0 Å². The standard InChI is InChI=1S/C13H19N3OS/c1-7-6-18-12(15-7)13(2,3)16-11(17)10-8-4-14-5-9(8)10/h6,8-10,14H,4-5H2,1-3H3,(H,16,17)/t8-,9?,10+/m0/s1. The van der Waals surface area contributed by atoms with Crippen LogP contribution in [0.25, 0.3) is 0 Å². The van der Waals surface area contributed by atoms with E-state index in [-0.39, 0.29) is 17.4 Å². The largest absolute Gasteiger partial charge is 0.344 e. The van der Waals surface area contributed by atoms with Gasteiger partial charge in [0.05, 0.1) is 5.54 Å². The Morgan fingerprint density at radius 3 is 2.72 bits per heavy atom. The fourth-order valence-corrected chi connectivity index (χ4v) is 3.77. The second-order valence-electron chi connectivity index (χ2n) is 5.92. The molecule has 0 radical (unpaired) electrons. The SMILES string of the molecule is Cc1csc(C(C)(C)NC(=O)[C@H]2C3CNC[C@@H]32)n1.